The average molecular weight is 257 g/mol. The predicted molar refractivity (Wildman–Crippen MR) is 70.7 cm³/mol. The number of carbonyl (C=O) groups is 2. The van der Waals surface area contributed by atoms with Crippen molar-refractivity contribution in [1.29, 1.82) is 0 Å². The van der Waals surface area contributed by atoms with Gasteiger partial charge in [0.15, 0.2) is 0 Å². The lowest BCUT2D eigenvalue weighted by Crippen LogP contribution is -2.13. The van der Waals surface area contributed by atoms with Crippen molar-refractivity contribution in [3.05, 3.63) is 29.3 Å². The Labute approximate surface area is 107 Å². The summed E-state index contributed by atoms with van der Waals surface area (Å²) >= 11 is 0. The van der Waals surface area contributed by atoms with E-state index in [9.17, 15) is 9.59 Å². The molecule has 0 fully saturated rings. The van der Waals surface area contributed by atoms with Crippen LogP contribution in [0.25, 0.3) is 0 Å². The Balaban J connectivity index is 0.00000256. The van der Waals surface area contributed by atoms with Gasteiger partial charge in [-0.1, -0.05) is 0 Å². The summed E-state index contributed by atoms with van der Waals surface area (Å²) in [7, 11) is 0. The molecule has 0 aromatic heterocycles. The second-order valence-corrected chi connectivity index (χ2v) is 3.63. The number of amides is 1. The minimum absolute atomic E-state index is 0. The minimum Gasteiger partial charge on any atom is -0.330 e. The molecule has 3 N–H and O–H groups in total. The number of hydrogen-bond donors (Lipinski definition) is 2. The summed E-state index contributed by atoms with van der Waals surface area (Å²) in [5.41, 5.74) is 7.52. The second-order valence-electron chi connectivity index (χ2n) is 3.63. The molecule has 0 aliphatic rings. The third-order valence-electron chi connectivity index (χ3n) is 2.29. The highest BCUT2D eigenvalue weighted by Gasteiger charge is 2.03. The molecule has 0 aliphatic heterocycles. The predicted octanol–water partition coefficient (Wildman–Crippen LogP) is 1.91. The Hall–Kier alpha value is -1.39. The Kier molecular flexibility index (Phi) is 7.18. The van der Waals surface area contributed by atoms with Gasteiger partial charge in [-0.15, -0.1) is 12.4 Å². The van der Waals surface area contributed by atoms with Gasteiger partial charge in [-0.2, -0.15) is 0 Å². The molecule has 0 radical (unpaired) electrons. The van der Waals surface area contributed by atoms with E-state index in [0.29, 0.717) is 30.6 Å². The maximum Gasteiger partial charge on any atom is 0.224 e. The van der Waals surface area contributed by atoms with Crippen LogP contribution < -0.4 is 11.1 Å². The molecule has 0 saturated carbocycles. The van der Waals surface area contributed by atoms with Crippen molar-refractivity contribution < 1.29 is 9.59 Å². The van der Waals surface area contributed by atoms with Gasteiger partial charge in [-0.25, -0.2) is 0 Å². The number of nitrogens with one attached hydrogen (secondary N) is 1. The van der Waals surface area contributed by atoms with Gasteiger partial charge in [-0.3, -0.25) is 9.59 Å². The van der Waals surface area contributed by atoms with Crippen LogP contribution >= 0.6 is 12.4 Å². The molecule has 0 bridgehead atoms. The number of benzene rings is 1. The van der Waals surface area contributed by atoms with Crippen molar-refractivity contribution in [3.63, 3.8) is 0 Å². The smallest absolute Gasteiger partial charge is 0.224 e. The lowest BCUT2D eigenvalue weighted by molar-refractivity contribution is -0.116. The van der Waals surface area contributed by atoms with Crippen LogP contribution in [0, 0.1) is 6.92 Å². The van der Waals surface area contributed by atoms with E-state index in [4.69, 9.17) is 5.73 Å². The average Bonchev–Trinajstić information content (AvgIpc) is 2.26. The number of hydrogen-bond acceptors (Lipinski definition) is 3. The molecule has 0 spiro atoms. The fourth-order valence-electron chi connectivity index (χ4n) is 1.37. The zero-order valence-corrected chi connectivity index (χ0v) is 10.5. The van der Waals surface area contributed by atoms with Crippen LogP contribution in [0.4, 0.5) is 5.69 Å². The van der Waals surface area contributed by atoms with E-state index in [1.54, 1.807) is 18.2 Å². The van der Waals surface area contributed by atoms with E-state index in [1.807, 2.05) is 6.92 Å². The first kappa shape index (κ1) is 15.6. The normalized spacial score (nSPS) is 9.29. The van der Waals surface area contributed by atoms with Crippen LogP contribution in [-0.2, 0) is 4.79 Å². The minimum atomic E-state index is -0.0521. The number of nitrogens with two attached hydrogens (primary N) is 1. The van der Waals surface area contributed by atoms with E-state index in [2.05, 4.69) is 5.32 Å². The first-order valence-corrected chi connectivity index (χ1v) is 5.23. The maximum atomic E-state index is 11.4. The van der Waals surface area contributed by atoms with Crippen molar-refractivity contribution in [2.24, 2.45) is 5.73 Å². The molecule has 0 unspecified atom stereocenters. The highest BCUT2D eigenvalue weighted by molar-refractivity contribution is 5.91. The van der Waals surface area contributed by atoms with Gasteiger partial charge in [-0.05, 0) is 43.7 Å². The summed E-state index contributed by atoms with van der Waals surface area (Å²) in [5, 5.41) is 2.76. The molecular weight excluding hydrogens is 240 g/mol. The van der Waals surface area contributed by atoms with Crippen LogP contribution in [0.15, 0.2) is 18.2 Å². The number of carbonyl (C=O) groups excluding carboxylic acids is 2. The topological polar surface area (TPSA) is 72.2 Å². The van der Waals surface area contributed by atoms with E-state index in [1.165, 1.54) is 0 Å². The molecule has 1 amide bonds. The van der Waals surface area contributed by atoms with E-state index in [-0.39, 0.29) is 18.3 Å². The summed E-state index contributed by atoms with van der Waals surface area (Å²) in [6.07, 6.45) is 1.90. The van der Waals surface area contributed by atoms with Crippen LogP contribution in [0.5, 0.6) is 0 Å². The van der Waals surface area contributed by atoms with E-state index >= 15 is 0 Å². The van der Waals surface area contributed by atoms with Crippen LogP contribution in [0.2, 0.25) is 0 Å². The van der Waals surface area contributed by atoms with Crippen molar-refractivity contribution in [1.82, 2.24) is 0 Å². The summed E-state index contributed by atoms with van der Waals surface area (Å²) < 4.78 is 0. The highest BCUT2D eigenvalue weighted by Crippen LogP contribution is 2.13. The molecule has 0 atom stereocenters. The first-order valence-electron chi connectivity index (χ1n) is 5.23. The largest absolute Gasteiger partial charge is 0.330 e. The molecule has 1 aromatic carbocycles. The molecule has 5 heteroatoms. The Bertz CT molecular complexity index is 394. The molecule has 4 nitrogen and oxygen atoms in total. The lowest BCUT2D eigenvalue weighted by atomic mass is 10.1. The SMILES string of the molecule is Cc1cc(NC(=O)CCCN)ccc1C=O.Cl. The summed E-state index contributed by atoms with van der Waals surface area (Å²) in [5.74, 6) is -0.0521. The molecule has 0 heterocycles. The van der Waals surface area contributed by atoms with Crippen molar-refractivity contribution >= 4 is 30.3 Å². The molecule has 17 heavy (non-hydrogen) atoms. The van der Waals surface area contributed by atoms with Gasteiger partial charge < -0.3 is 11.1 Å². The number of rotatable bonds is 5. The van der Waals surface area contributed by atoms with Gasteiger partial charge in [0.2, 0.25) is 5.91 Å². The summed E-state index contributed by atoms with van der Waals surface area (Å²) in [4.78, 5) is 22.0. The number of anilines is 1. The molecular formula is C12H17ClN2O2. The third-order valence-corrected chi connectivity index (χ3v) is 2.29. The van der Waals surface area contributed by atoms with Gasteiger partial charge in [0.05, 0.1) is 0 Å². The van der Waals surface area contributed by atoms with Gasteiger partial charge in [0.25, 0.3) is 0 Å². The molecule has 0 aliphatic carbocycles. The number of aldehydes is 1. The Morgan fingerprint density at radius 3 is 2.71 bits per heavy atom. The number of halogens is 1. The summed E-state index contributed by atoms with van der Waals surface area (Å²) in [6, 6.07) is 5.20. The van der Waals surface area contributed by atoms with Crippen LogP contribution in [0.3, 0.4) is 0 Å². The molecule has 94 valence electrons. The van der Waals surface area contributed by atoms with Gasteiger partial charge in [0, 0.05) is 17.7 Å². The zero-order chi connectivity index (χ0) is 12.0. The molecule has 1 aromatic rings. The van der Waals surface area contributed by atoms with Crippen molar-refractivity contribution in [2.75, 3.05) is 11.9 Å². The standard InChI is InChI=1S/C12H16N2O2.ClH/c1-9-7-11(5-4-10(9)8-15)14-12(16)3-2-6-13;/h4-5,7-8H,2-3,6,13H2,1H3,(H,14,16);1H. The zero-order valence-electron chi connectivity index (χ0n) is 9.73. The lowest BCUT2D eigenvalue weighted by Gasteiger charge is -2.06. The highest BCUT2D eigenvalue weighted by atomic mass is 35.5. The van der Waals surface area contributed by atoms with Gasteiger partial charge >= 0.3 is 0 Å². The Morgan fingerprint density at radius 1 is 1.47 bits per heavy atom. The van der Waals surface area contributed by atoms with Crippen LogP contribution in [0.1, 0.15) is 28.8 Å². The summed E-state index contributed by atoms with van der Waals surface area (Å²) in [6.45, 7) is 2.34. The van der Waals surface area contributed by atoms with Crippen LogP contribution in [-0.4, -0.2) is 18.7 Å². The van der Waals surface area contributed by atoms with Crippen molar-refractivity contribution in [2.45, 2.75) is 19.8 Å². The Morgan fingerprint density at radius 2 is 2.18 bits per heavy atom. The number of aryl methyl sites for hydroxylation is 1. The first-order chi connectivity index (χ1) is 7.67. The maximum absolute atomic E-state index is 11.4. The second kappa shape index (κ2) is 7.81. The van der Waals surface area contributed by atoms with E-state index < -0.39 is 0 Å². The van der Waals surface area contributed by atoms with E-state index in [0.717, 1.165) is 11.8 Å². The molecule has 0 saturated heterocycles. The van der Waals surface area contributed by atoms with Crippen molar-refractivity contribution in [3.8, 4) is 0 Å². The fourth-order valence-corrected chi connectivity index (χ4v) is 1.37. The fraction of sp³-hybridized carbons (Fsp3) is 0.333. The quantitative estimate of drug-likeness (QED) is 0.791. The monoisotopic (exact) mass is 256 g/mol. The molecule has 1 rings (SSSR count). The third kappa shape index (κ3) is 4.97. The van der Waals surface area contributed by atoms with Gasteiger partial charge in [0.1, 0.15) is 6.29 Å².